The van der Waals surface area contributed by atoms with Crippen molar-refractivity contribution < 1.29 is 0 Å². The molecule has 0 saturated carbocycles. The Kier molecular flexibility index (Phi) is 11.8. The molecule has 4 N–H and O–H groups in total. The third kappa shape index (κ3) is 13.8. The lowest BCUT2D eigenvalue weighted by atomic mass is 10.4. The largest absolute Gasteiger partial charge is 0.327 e. The smallest absolute Gasteiger partial charge is 0.0186 e. The fourth-order valence-electron chi connectivity index (χ4n) is 0.311. The summed E-state index contributed by atoms with van der Waals surface area (Å²) >= 11 is 0. The van der Waals surface area contributed by atoms with Crippen LogP contribution in [-0.2, 0) is 0 Å². The lowest BCUT2D eigenvalue weighted by molar-refractivity contribution is 0.846. The average Bonchev–Trinajstić information content (AvgIpc) is 1.79. The van der Waals surface area contributed by atoms with E-state index in [0.717, 1.165) is 11.5 Å². The predicted octanol–water partition coefficient (Wildman–Crippen LogP) is 1.48. The zero-order valence-electron chi connectivity index (χ0n) is 6.95. The fraction of sp³-hybridized carbons (Fsp3) is 1.00. The molecule has 0 radical (unpaired) electrons. The first-order valence-electron chi connectivity index (χ1n) is 3.38. The highest BCUT2D eigenvalue weighted by Gasteiger charge is 1.96. The Hall–Kier alpha value is 0.910. The van der Waals surface area contributed by atoms with E-state index in [2.05, 4.69) is 0 Å². The molecule has 0 aromatic carbocycles. The maximum atomic E-state index is 5.54. The summed E-state index contributed by atoms with van der Waals surface area (Å²) in [5, 5.41) is 0. The second kappa shape index (κ2) is 9.00. The van der Waals surface area contributed by atoms with Crippen LogP contribution in [0.4, 0.5) is 0 Å². The molecule has 0 heterocycles. The second-order valence-corrected chi connectivity index (χ2v) is 5.08. The summed E-state index contributed by atoms with van der Waals surface area (Å²) in [6.45, 7) is 4.03. The molecule has 0 aromatic rings. The van der Waals surface area contributed by atoms with Gasteiger partial charge in [0.25, 0.3) is 0 Å². The van der Waals surface area contributed by atoms with Crippen LogP contribution in [0.25, 0.3) is 0 Å². The van der Waals surface area contributed by atoms with Gasteiger partial charge in [-0.15, -0.1) is 12.4 Å². The normalized spacial score (nSPS) is 15.3. The summed E-state index contributed by atoms with van der Waals surface area (Å²) in [5.74, 6) is 2.02. The number of halogens is 1. The van der Waals surface area contributed by atoms with E-state index >= 15 is 0 Å². The Balaban J connectivity index is 0. The summed E-state index contributed by atoms with van der Waals surface area (Å²) in [7, 11) is 3.60. The Labute approximate surface area is 83.0 Å². The number of hydrogen-bond acceptors (Lipinski definition) is 4. The minimum atomic E-state index is 0. The van der Waals surface area contributed by atoms with Gasteiger partial charge in [0.15, 0.2) is 0 Å². The van der Waals surface area contributed by atoms with E-state index in [4.69, 9.17) is 11.5 Å². The van der Waals surface area contributed by atoms with Gasteiger partial charge in [-0.3, -0.25) is 0 Å². The third-order valence-corrected chi connectivity index (χ3v) is 3.55. The van der Waals surface area contributed by atoms with Gasteiger partial charge in [0.05, 0.1) is 0 Å². The molecular weight excluding hydrogens is 200 g/mol. The summed E-state index contributed by atoms with van der Waals surface area (Å²) in [6, 6.07) is 0.594. The van der Waals surface area contributed by atoms with Crippen molar-refractivity contribution in [1.29, 1.82) is 0 Å². The number of nitrogens with two attached hydrogens (primary N) is 2. The Morgan fingerprint density at radius 1 is 1.00 bits per heavy atom. The highest BCUT2D eigenvalue weighted by molar-refractivity contribution is 8.76. The molecular formula is C6H17ClN2S2. The molecule has 5 heteroatoms. The average molecular weight is 217 g/mol. The highest BCUT2D eigenvalue weighted by atomic mass is 35.5. The molecule has 0 aliphatic heterocycles. The van der Waals surface area contributed by atoms with Crippen molar-refractivity contribution in [2.45, 2.75) is 25.9 Å². The van der Waals surface area contributed by atoms with Gasteiger partial charge in [-0.1, -0.05) is 21.6 Å². The maximum Gasteiger partial charge on any atom is 0.0186 e. The first-order valence-corrected chi connectivity index (χ1v) is 5.87. The standard InChI is InChI=1S/C6H16N2S2.ClH/c1-5(7)3-9-10-4-6(2)8;/h5-6H,3-4,7-8H2,1-2H3;1H. The molecule has 0 aliphatic carbocycles. The van der Waals surface area contributed by atoms with Gasteiger partial charge in [-0.05, 0) is 13.8 Å². The van der Waals surface area contributed by atoms with Crippen LogP contribution in [0.5, 0.6) is 0 Å². The molecule has 2 unspecified atom stereocenters. The molecule has 2 nitrogen and oxygen atoms in total. The molecule has 0 fully saturated rings. The van der Waals surface area contributed by atoms with Crippen LogP contribution in [0.3, 0.4) is 0 Å². The molecule has 0 aromatic heterocycles. The zero-order chi connectivity index (χ0) is 7.98. The SMILES string of the molecule is CC(N)CSSCC(C)N.Cl. The van der Waals surface area contributed by atoms with Crippen molar-refractivity contribution in [2.24, 2.45) is 11.5 Å². The first kappa shape index (κ1) is 14.4. The number of rotatable bonds is 5. The molecule has 0 saturated heterocycles. The van der Waals surface area contributed by atoms with Crippen LogP contribution >= 0.6 is 34.0 Å². The van der Waals surface area contributed by atoms with Crippen LogP contribution in [-0.4, -0.2) is 23.6 Å². The minimum absolute atomic E-state index is 0. The lowest BCUT2D eigenvalue weighted by Gasteiger charge is -2.05. The Morgan fingerprint density at radius 3 is 1.45 bits per heavy atom. The van der Waals surface area contributed by atoms with Gasteiger partial charge < -0.3 is 11.5 Å². The topological polar surface area (TPSA) is 52.0 Å². The van der Waals surface area contributed by atoms with Gasteiger partial charge in [0.1, 0.15) is 0 Å². The molecule has 70 valence electrons. The van der Waals surface area contributed by atoms with E-state index in [1.807, 2.05) is 13.8 Å². The zero-order valence-corrected chi connectivity index (χ0v) is 9.40. The minimum Gasteiger partial charge on any atom is -0.327 e. The van der Waals surface area contributed by atoms with Crippen molar-refractivity contribution in [3.8, 4) is 0 Å². The van der Waals surface area contributed by atoms with Crippen molar-refractivity contribution >= 4 is 34.0 Å². The predicted molar refractivity (Wildman–Crippen MR) is 59.5 cm³/mol. The van der Waals surface area contributed by atoms with Crippen molar-refractivity contribution in [3.63, 3.8) is 0 Å². The molecule has 0 bridgehead atoms. The van der Waals surface area contributed by atoms with Crippen LogP contribution in [0.15, 0.2) is 0 Å². The van der Waals surface area contributed by atoms with E-state index < -0.39 is 0 Å². The first-order chi connectivity index (χ1) is 4.63. The van der Waals surface area contributed by atoms with Crippen LogP contribution in [0.2, 0.25) is 0 Å². The highest BCUT2D eigenvalue weighted by Crippen LogP contribution is 2.21. The van der Waals surface area contributed by atoms with Gasteiger partial charge in [-0.25, -0.2) is 0 Å². The lowest BCUT2D eigenvalue weighted by Crippen LogP contribution is -2.19. The van der Waals surface area contributed by atoms with Crippen molar-refractivity contribution in [2.75, 3.05) is 11.5 Å². The van der Waals surface area contributed by atoms with E-state index in [1.165, 1.54) is 0 Å². The summed E-state index contributed by atoms with van der Waals surface area (Å²) < 4.78 is 0. The molecule has 0 aliphatic rings. The van der Waals surface area contributed by atoms with E-state index in [-0.39, 0.29) is 12.4 Å². The molecule has 0 amide bonds. The van der Waals surface area contributed by atoms with E-state index in [1.54, 1.807) is 21.6 Å². The van der Waals surface area contributed by atoms with Gasteiger partial charge >= 0.3 is 0 Å². The van der Waals surface area contributed by atoms with E-state index in [9.17, 15) is 0 Å². The Bertz CT molecular complexity index is 71.0. The summed E-state index contributed by atoms with van der Waals surface area (Å²) in [4.78, 5) is 0. The Morgan fingerprint density at radius 2 is 1.27 bits per heavy atom. The van der Waals surface area contributed by atoms with Gasteiger partial charge in [0.2, 0.25) is 0 Å². The van der Waals surface area contributed by atoms with Crippen molar-refractivity contribution in [3.05, 3.63) is 0 Å². The van der Waals surface area contributed by atoms with Crippen LogP contribution < -0.4 is 11.5 Å². The third-order valence-electron chi connectivity index (χ3n) is 0.745. The number of hydrogen-bond donors (Lipinski definition) is 2. The van der Waals surface area contributed by atoms with Gasteiger partial charge in [0, 0.05) is 23.6 Å². The maximum absolute atomic E-state index is 5.54. The molecule has 0 spiro atoms. The van der Waals surface area contributed by atoms with Crippen LogP contribution in [0.1, 0.15) is 13.8 Å². The quantitative estimate of drug-likeness (QED) is 0.540. The summed E-state index contributed by atoms with van der Waals surface area (Å²) in [6.07, 6.45) is 0. The van der Waals surface area contributed by atoms with E-state index in [0.29, 0.717) is 12.1 Å². The van der Waals surface area contributed by atoms with Gasteiger partial charge in [-0.2, -0.15) is 0 Å². The monoisotopic (exact) mass is 216 g/mol. The van der Waals surface area contributed by atoms with Crippen molar-refractivity contribution in [1.82, 2.24) is 0 Å². The molecule has 2 atom stereocenters. The fourth-order valence-corrected chi connectivity index (χ4v) is 2.80. The molecule has 0 rings (SSSR count). The second-order valence-electron chi connectivity index (χ2n) is 2.52. The van der Waals surface area contributed by atoms with Crippen LogP contribution in [0, 0.1) is 0 Å². The molecule has 11 heavy (non-hydrogen) atoms. The summed E-state index contributed by atoms with van der Waals surface area (Å²) in [5.41, 5.74) is 11.1.